The summed E-state index contributed by atoms with van der Waals surface area (Å²) in [5.41, 5.74) is 6.57. The molecule has 0 radical (unpaired) electrons. The van der Waals surface area contributed by atoms with Gasteiger partial charge in [0.25, 0.3) is 0 Å². The Balaban J connectivity index is 1.87. The molecular weight excluding hydrogens is 182 g/mol. The minimum atomic E-state index is 0.208. The van der Waals surface area contributed by atoms with Crippen molar-refractivity contribution < 1.29 is 9.47 Å². The second-order valence-electron chi connectivity index (χ2n) is 3.49. The fraction of sp³-hybridized carbons (Fsp3) is 0.667. The van der Waals surface area contributed by atoms with Gasteiger partial charge in [-0.25, -0.2) is 4.68 Å². The van der Waals surface area contributed by atoms with Crippen LogP contribution in [0.25, 0.3) is 0 Å². The van der Waals surface area contributed by atoms with E-state index in [1.807, 2.05) is 13.0 Å². The van der Waals surface area contributed by atoms with Gasteiger partial charge in [0.15, 0.2) is 0 Å². The van der Waals surface area contributed by atoms with Crippen LogP contribution in [-0.4, -0.2) is 29.1 Å². The molecule has 0 spiro atoms. The number of nitrogen functional groups attached to an aromatic ring is 1. The van der Waals surface area contributed by atoms with Crippen molar-refractivity contribution in [2.45, 2.75) is 26.2 Å². The first-order valence-electron chi connectivity index (χ1n) is 4.75. The summed E-state index contributed by atoms with van der Waals surface area (Å²) < 4.78 is 12.6. The third-order valence-corrected chi connectivity index (χ3v) is 2.32. The second-order valence-corrected chi connectivity index (χ2v) is 3.49. The van der Waals surface area contributed by atoms with Crippen molar-refractivity contribution in [3.63, 3.8) is 0 Å². The van der Waals surface area contributed by atoms with Crippen LogP contribution >= 0.6 is 0 Å². The maximum Gasteiger partial charge on any atom is 0.145 e. The Morgan fingerprint density at radius 1 is 1.79 bits per heavy atom. The third-order valence-electron chi connectivity index (χ3n) is 2.32. The molecule has 0 saturated carbocycles. The number of hydrogen-bond donors (Lipinski definition) is 1. The fourth-order valence-electron chi connectivity index (χ4n) is 1.49. The molecule has 78 valence electrons. The Hall–Kier alpha value is -1.07. The first kappa shape index (κ1) is 9.48. The Labute approximate surface area is 82.8 Å². The normalized spacial score (nSPS) is 21.6. The van der Waals surface area contributed by atoms with E-state index in [0.717, 1.165) is 18.7 Å². The zero-order chi connectivity index (χ0) is 9.97. The largest absolute Gasteiger partial charge is 0.382 e. The van der Waals surface area contributed by atoms with E-state index in [2.05, 4.69) is 5.10 Å². The Bertz CT molecular complexity index is 305. The monoisotopic (exact) mass is 197 g/mol. The van der Waals surface area contributed by atoms with Crippen molar-refractivity contribution in [3.8, 4) is 0 Å². The topological polar surface area (TPSA) is 62.3 Å². The Morgan fingerprint density at radius 3 is 3.21 bits per heavy atom. The van der Waals surface area contributed by atoms with Crippen LogP contribution in [0, 0.1) is 6.92 Å². The molecule has 1 fully saturated rings. The molecule has 5 nitrogen and oxygen atoms in total. The average Bonchev–Trinajstić information content (AvgIpc) is 2.72. The Kier molecular flexibility index (Phi) is 2.69. The lowest BCUT2D eigenvalue weighted by molar-refractivity contribution is -0.00411. The highest BCUT2D eigenvalue weighted by Gasteiger charge is 2.16. The molecule has 0 amide bonds. The fourth-order valence-corrected chi connectivity index (χ4v) is 1.49. The van der Waals surface area contributed by atoms with Crippen LogP contribution in [0.2, 0.25) is 0 Å². The molecule has 1 aliphatic heterocycles. The third kappa shape index (κ3) is 2.05. The quantitative estimate of drug-likeness (QED) is 0.768. The van der Waals surface area contributed by atoms with Crippen molar-refractivity contribution in [2.75, 3.05) is 18.9 Å². The zero-order valence-corrected chi connectivity index (χ0v) is 8.27. The van der Waals surface area contributed by atoms with E-state index < -0.39 is 0 Å². The lowest BCUT2D eigenvalue weighted by Crippen LogP contribution is -2.16. The SMILES string of the molecule is Cc1cc(N)nn1COC1CCOC1. The number of anilines is 1. The van der Waals surface area contributed by atoms with E-state index in [0.29, 0.717) is 19.2 Å². The molecule has 1 atom stereocenters. The summed E-state index contributed by atoms with van der Waals surface area (Å²) >= 11 is 0. The van der Waals surface area contributed by atoms with Gasteiger partial charge in [-0.3, -0.25) is 0 Å². The molecule has 0 aromatic carbocycles. The summed E-state index contributed by atoms with van der Waals surface area (Å²) in [5.74, 6) is 0.536. The first-order valence-corrected chi connectivity index (χ1v) is 4.75. The first-order chi connectivity index (χ1) is 6.75. The van der Waals surface area contributed by atoms with Gasteiger partial charge in [0.05, 0.1) is 12.7 Å². The summed E-state index contributed by atoms with van der Waals surface area (Å²) in [6.07, 6.45) is 1.18. The molecule has 1 aromatic rings. The molecular formula is C9H15N3O2. The molecule has 0 aliphatic carbocycles. The van der Waals surface area contributed by atoms with Gasteiger partial charge in [-0.1, -0.05) is 0 Å². The van der Waals surface area contributed by atoms with Crippen LogP contribution < -0.4 is 5.73 Å². The molecule has 2 heterocycles. The number of nitrogens with two attached hydrogens (primary N) is 1. The number of ether oxygens (including phenoxy) is 2. The summed E-state index contributed by atoms with van der Waals surface area (Å²) in [5, 5.41) is 4.10. The minimum Gasteiger partial charge on any atom is -0.382 e. The summed E-state index contributed by atoms with van der Waals surface area (Å²) in [6, 6.07) is 1.83. The van der Waals surface area contributed by atoms with E-state index in [9.17, 15) is 0 Å². The van der Waals surface area contributed by atoms with Gasteiger partial charge in [0.1, 0.15) is 12.5 Å². The van der Waals surface area contributed by atoms with Gasteiger partial charge in [-0.05, 0) is 13.3 Å². The maximum absolute atomic E-state index is 5.60. The highest BCUT2D eigenvalue weighted by atomic mass is 16.6. The zero-order valence-electron chi connectivity index (χ0n) is 8.27. The molecule has 1 aromatic heterocycles. The maximum atomic E-state index is 5.60. The van der Waals surface area contributed by atoms with E-state index in [-0.39, 0.29) is 6.10 Å². The molecule has 2 N–H and O–H groups in total. The van der Waals surface area contributed by atoms with Crippen LogP contribution in [0.3, 0.4) is 0 Å². The van der Waals surface area contributed by atoms with Crippen LogP contribution in [0.15, 0.2) is 6.07 Å². The average molecular weight is 197 g/mol. The Morgan fingerprint density at radius 2 is 2.64 bits per heavy atom. The lowest BCUT2D eigenvalue weighted by Gasteiger charge is -2.10. The van der Waals surface area contributed by atoms with Gasteiger partial charge in [-0.2, -0.15) is 5.10 Å². The van der Waals surface area contributed by atoms with Crippen molar-refractivity contribution in [1.29, 1.82) is 0 Å². The van der Waals surface area contributed by atoms with Crippen molar-refractivity contribution in [1.82, 2.24) is 9.78 Å². The van der Waals surface area contributed by atoms with Gasteiger partial charge in [-0.15, -0.1) is 0 Å². The van der Waals surface area contributed by atoms with E-state index in [4.69, 9.17) is 15.2 Å². The van der Waals surface area contributed by atoms with Crippen LogP contribution in [0.5, 0.6) is 0 Å². The van der Waals surface area contributed by atoms with Crippen LogP contribution in [0.4, 0.5) is 5.82 Å². The highest BCUT2D eigenvalue weighted by molar-refractivity contribution is 5.28. The number of aryl methyl sites for hydroxylation is 1. The predicted molar refractivity (Wildman–Crippen MR) is 51.7 cm³/mol. The molecule has 1 unspecified atom stereocenters. The number of rotatable bonds is 3. The van der Waals surface area contributed by atoms with E-state index >= 15 is 0 Å². The van der Waals surface area contributed by atoms with Crippen molar-refractivity contribution in [2.24, 2.45) is 0 Å². The van der Waals surface area contributed by atoms with Gasteiger partial charge < -0.3 is 15.2 Å². The minimum absolute atomic E-state index is 0.208. The summed E-state index contributed by atoms with van der Waals surface area (Å²) in [7, 11) is 0. The number of nitrogens with zero attached hydrogens (tertiary/aromatic N) is 2. The molecule has 1 aliphatic rings. The highest BCUT2D eigenvalue weighted by Crippen LogP contribution is 2.10. The standard InChI is InChI=1S/C9H15N3O2/c1-7-4-9(10)11-12(7)6-14-8-2-3-13-5-8/h4,8H,2-3,5-6H2,1H3,(H2,10,11). The van der Waals surface area contributed by atoms with E-state index in [1.54, 1.807) is 4.68 Å². The van der Waals surface area contributed by atoms with E-state index in [1.165, 1.54) is 0 Å². The number of aromatic nitrogens is 2. The molecule has 0 bridgehead atoms. The summed E-state index contributed by atoms with van der Waals surface area (Å²) in [4.78, 5) is 0. The van der Waals surface area contributed by atoms with Crippen molar-refractivity contribution in [3.05, 3.63) is 11.8 Å². The molecule has 1 saturated heterocycles. The predicted octanol–water partition coefficient (Wildman–Crippen LogP) is 0.537. The molecule has 14 heavy (non-hydrogen) atoms. The van der Waals surface area contributed by atoms with Gasteiger partial charge in [0, 0.05) is 18.4 Å². The lowest BCUT2D eigenvalue weighted by atomic mass is 10.3. The number of hydrogen-bond acceptors (Lipinski definition) is 4. The van der Waals surface area contributed by atoms with Crippen molar-refractivity contribution >= 4 is 5.82 Å². The molecule has 2 rings (SSSR count). The molecule has 5 heteroatoms. The van der Waals surface area contributed by atoms with Gasteiger partial charge in [0.2, 0.25) is 0 Å². The van der Waals surface area contributed by atoms with Crippen LogP contribution in [-0.2, 0) is 16.2 Å². The van der Waals surface area contributed by atoms with Crippen LogP contribution in [0.1, 0.15) is 12.1 Å². The smallest absolute Gasteiger partial charge is 0.145 e. The van der Waals surface area contributed by atoms with Gasteiger partial charge >= 0.3 is 0 Å². The summed E-state index contributed by atoms with van der Waals surface area (Å²) in [6.45, 7) is 3.90. The second kappa shape index (κ2) is 3.98.